The van der Waals surface area contributed by atoms with Gasteiger partial charge in [0.2, 0.25) is 0 Å². The highest BCUT2D eigenvalue weighted by molar-refractivity contribution is 7.71. The summed E-state index contributed by atoms with van der Waals surface area (Å²) in [7, 11) is 0. The van der Waals surface area contributed by atoms with Crippen LogP contribution in [-0.4, -0.2) is 19.7 Å². The summed E-state index contributed by atoms with van der Waals surface area (Å²) in [6.45, 7) is 2.76. The van der Waals surface area contributed by atoms with Crippen molar-refractivity contribution in [2.24, 2.45) is 0 Å². The SMILES string of the molecule is Cc1cnccc1Cn1c(-c2cccs2)n[nH]c1=S. The summed E-state index contributed by atoms with van der Waals surface area (Å²) in [5, 5.41) is 9.23. The zero-order valence-electron chi connectivity index (χ0n) is 10.3. The van der Waals surface area contributed by atoms with Crippen molar-refractivity contribution in [1.82, 2.24) is 19.7 Å². The van der Waals surface area contributed by atoms with Gasteiger partial charge in [0.05, 0.1) is 11.4 Å². The lowest BCUT2D eigenvalue weighted by molar-refractivity contribution is 0.785. The Hall–Kier alpha value is -1.79. The summed E-state index contributed by atoms with van der Waals surface area (Å²) >= 11 is 6.98. The van der Waals surface area contributed by atoms with Crippen LogP contribution < -0.4 is 0 Å². The van der Waals surface area contributed by atoms with Crippen molar-refractivity contribution in [3.8, 4) is 10.7 Å². The van der Waals surface area contributed by atoms with E-state index in [0.29, 0.717) is 11.3 Å². The van der Waals surface area contributed by atoms with Gasteiger partial charge in [-0.1, -0.05) is 6.07 Å². The van der Waals surface area contributed by atoms with Gasteiger partial charge in [0.25, 0.3) is 0 Å². The van der Waals surface area contributed by atoms with Gasteiger partial charge in [0.1, 0.15) is 0 Å². The quantitative estimate of drug-likeness (QED) is 0.751. The highest BCUT2D eigenvalue weighted by Gasteiger charge is 2.10. The molecule has 0 aliphatic heterocycles. The number of rotatable bonds is 3. The molecule has 0 radical (unpaired) electrons. The van der Waals surface area contributed by atoms with Crippen LogP contribution in [0.2, 0.25) is 0 Å². The van der Waals surface area contributed by atoms with Crippen molar-refractivity contribution >= 4 is 23.6 Å². The second-order valence-corrected chi connectivity index (χ2v) is 5.55. The van der Waals surface area contributed by atoms with Gasteiger partial charge in [-0.3, -0.25) is 14.6 Å². The third-order valence-electron chi connectivity index (χ3n) is 2.96. The number of nitrogens with one attached hydrogen (secondary N) is 1. The minimum absolute atomic E-state index is 0.639. The second kappa shape index (κ2) is 5.07. The Morgan fingerprint density at radius 3 is 3.05 bits per heavy atom. The summed E-state index contributed by atoms with van der Waals surface area (Å²) in [4.78, 5) is 5.22. The van der Waals surface area contributed by atoms with E-state index in [0.717, 1.165) is 16.3 Å². The third kappa shape index (κ3) is 2.36. The van der Waals surface area contributed by atoms with Crippen LogP contribution in [0.3, 0.4) is 0 Å². The van der Waals surface area contributed by atoms with E-state index >= 15 is 0 Å². The first-order valence-corrected chi connectivity index (χ1v) is 7.13. The molecule has 6 heteroatoms. The first kappa shape index (κ1) is 12.3. The molecule has 0 aliphatic rings. The molecular weight excluding hydrogens is 276 g/mol. The van der Waals surface area contributed by atoms with Crippen molar-refractivity contribution in [3.05, 3.63) is 51.9 Å². The number of hydrogen-bond acceptors (Lipinski definition) is 4. The Labute approximate surface area is 119 Å². The Bertz CT molecular complexity index is 740. The molecule has 1 N–H and O–H groups in total. The van der Waals surface area contributed by atoms with Gasteiger partial charge < -0.3 is 0 Å². The fourth-order valence-electron chi connectivity index (χ4n) is 1.91. The molecule has 3 aromatic heterocycles. The maximum atomic E-state index is 5.32. The van der Waals surface area contributed by atoms with Crippen LogP contribution in [0.25, 0.3) is 10.7 Å². The Morgan fingerprint density at radius 2 is 2.32 bits per heavy atom. The van der Waals surface area contributed by atoms with Gasteiger partial charge in [0.15, 0.2) is 10.6 Å². The topological polar surface area (TPSA) is 46.5 Å². The first-order valence-electron chi connectivity index (χ1n) is 5.84. The summed E-state index contributed by atoms with van der Waals surface area (Å²) in [5.41, 5.74) is 2.35. The number of H-pyrrole nitrogens is 1. The molecule has 3 rings (SSSR count). The van der Waals surface area contributed by atoms with Crippen molar-refractivity contribution < 1.29 is 0 Å². The molecule has 3 heterocycles. The van der Waals surface area contributed by atoms with Crippen LogP contribution in [-0.2, 0) is 6.54 Å². The molecule has 0 saturated heterocycles. The molecular formula is C13H12N4S2. The number of thiophene rings is 1. The van der Waals surface area contributed by atoms with Crippen molar-refractivity contribution in [2.75, 3.05) is 0 Å². The molecule has 0 fully saturated rings. The predicted molar refractivity (Wildman–Crippen MR) is 78.8 cm³/mol. The van der Waals surface area contributed by atoms with E-state index in [4.69, 9.17) is 12.2 Å². The fourth-order valence-corrected chi connectivity index (χ4v) is 2.83. The first-order chi connectivity index (χ1) is 9.25. The molecule has 0 aromatic carbocycles. The molecule has 96 valence electrons. The number of aromatic nitrogens is 4. The number of hydrogen-bond donors (Lipinski definition) is 1. The standard InChI is InChI=1S/C13H12N4S2/c1-9-7-14-5-4-10(9)8-17-12(15-16-13(17)18)11-3-2-6-19-11/h2-7H,8H2,1H3,(H,16,18). The zero-order valence-corrected chi connectivity index (χ0v) is 12.0. The molecule has 0 unspecified atom stereocenters. The van der Waals surface area contributed by atoms with E-state index < -0.39 is 0 Å². The van der Waals surface area contributed by atoms with Crippen LogP contribution in [0.4, 0.5) is 0 Å². The molecule has 19 heavy (non-hydrogen) atoms. The van der Waals surface area contributed by atoms with E-state index in [1.165, 1.54) is 5.56 Å². The van der Waals surface area contributed by atoms with Crippen LogP contribution in [0.1, 0.15) is 11.1 Å². The van der Waals surface area contributed by atoms with Crippen molar-refractivity contribution in [3.63, 3.8) is 0 Å². The van der Waals surface area contributed by atoms with Crippen LogP contribution in [0, 0.1) is 11.7 Å². The molecule has 0 amide bonds. The molecule has 4 nitrogen and oxygen atoms in total. The average Bonchev–Trinajstić information content (AvgIpc) is 3.03. The monoisotopic (exact) mass is 288 g/mol. The Balaban J connectivity index is 2.05. The van der Waals surface area contributed by atoms with Gasteiger partial charge in [-0.2, -0.15) is 5.10 Å². The van der Waals surface area contributed by atoms with Crippen LogP contribution >= 0.6 is 23.6 Å². The Kier molecular flexibility index (Phi) is 3.27. The smallest absolute Gasteiger partial charge is 0.195 e. The maximum absolute atomic E-state index is 5.32. The zero-order chi connectivity index (χ0) is 13.2. The van der Waals surface area contributed by atoms with Crippen LogP contribution in [0.15, 0.2) is 36.0 Å². The van der Waals surface area contributed by atoms with E-state index in [2.05, 4.69) is 22.1 Å². The number of pyridine rings is 1. The minimum atomic E-state index is 0.639. The minimum Gasteiger partial charge on any atom is -0.295 e. The molecule has 3 aromatic rings. The molecule has 0 atom stereocenters. The molecule has 0 saturated carbocycles. The number of nitrogens with zero attached hydrogens (tertiary/aromatic N) is 3. The van der Waals surface area contributed by atoms with Crippen molar-refractivity contribution in [2.45, 2.75) is 13.5 Å². The van der Waals surface area contributed by atoms with Crippen molar-refractivity contribution in [1.29, 1.82) is 0 Å². The van der Waals surface area contributed by atoms with Gasteiger partial charge in [-0.15, -0.1) is 11.3 Å². The fraction of sp³-hybridized carbons (Fsp3) is 0.154. The predicted octanol–water partition coefficient (Wildman–Crippen LogP) is 3.42. The highest BCUT2D eigenvalue weighted by atomic mass is 32.1. The third-order valence-corrected chi connectivity index (χ3v) is 4.14. The summed E-state index contributed by atoms with van der Waals surface area (Å²) < 4.78 is 2.66. The van der Waals surface area contributed by atoms with Gasteiger partial charge in [-0.25, -0.2) is 0 Å². The molecule has 0 bridgehead atoms. The van der Waals surface area contributed by atoms with E-state index in [9.17, 15) is 0 Å². The van der Waals surface area contributed by atoms with Gasteiger partial charge >= 0.3 is 0 Å². The second-order valence-electron chi connectivity index (χ2n) is 4.22. The van der Waals surface area contributed by atoms with E-state index in [-0.39, 0.29) is 0 Å². The van der Waals surface area contributed by atoms with E-state index in [1.54, 1.807) is 17.5 Å². The summed E-state index contributed by atoms with van der Waals surface area (Å²) in [6.07, 6.45) is 3.67. The number of aromatic amines is 1. The van der Waals surface area contributed by atoms with E-state index in [1.807, 2.05) is 34.3 Å². The lowest BCUT2D eigenvalue weighted by Gasteiger charge is -2.08. The van der Waals surface area contributed by atoms with Gasteiger partial charge in [-0.05, 0) is 47.8 Å². The molecule has 0 aliphatic carbocycles. The average molecular weight is 288 g/mol. The lowest BCUT2D eigenvalue weighted by atomic mass is 10.1. The van der Waals surface area contributed by atoms with Gasteiger partial charge in [0, 0.05) is 12.4 Å². The normalized spacial score (nSPS) is 10.8. The summed E-state index contributed by atoms with van der Waals surface area (Å²) in [6, 6.07) is 6.08. The molecule has 0 spiro atoms. The summed E-state index contributed by atoms with van der Waals surface area (Å²) in [5.74, 6) is 0.885. The lowest BCUT2D eigenvalue weighted by Crippen LogP contribution is -2.03. The largest absolute Gasteiger partial charge is 0.295 e. The Morgan fingerprint density at radius 1 is 1.42 bits per heavy atom. The highest BCUT2D eigenvalue weighted by Crippen LogP contribution is 2.23. The maximum Gasteiger partial charge on any atom is 0.195 e. The number of aryl methyl sites for hydroxylation is 1. The van der Waals surface area contributed by atoms with Crippen LogP contribution in [0.5, 0.6) is 0 Å².